The lowest BCUT2D eigenvalue weighted by Gasteiger charge is -2.03. The third kappa shape index (κ3) is 1.81. The zero-order valence-electron chi connectivity index (χ0n) is 6.33. The van der Waals surface area contributed by atoms with Crippen LogP contribution in [0.15, 0.2) is 17.3 Å². The second-order valence-corrected chi connectivity index (χ2v) is 2.68. The predicted molar refractivity (Wildman–Crippen MR) is 45.6 cm³/mol. The summed E-state index contributed by atoms with van der Waals surface area (Å²) < 4.78 is 12.7. The van der Waals surface area contributed by atoms with Crippen LogP contribution in [0.1, 0.15) is 5.56 Å². The smallest absolute Gasteiger partial charge is 0.173 e. The van der Waals surface area contributed by atoms with E-state index < -0.39 is 17.4 Å². The summed E-state index contributed by atoms with van der Waals surface area (Å²) in [7, 11) is 0. The highest BCUT2D eigenvalue weighted by molar-refractivity contribution is 6.32. The summed E-state index contributed by atoms with van der Waals surface area (Å²) in [5, 5.41) is 20.0. The molecule has 6 heteroatoms. The number of nitrogens with two attached hydrogens (primary N) is 1. The molecule has 0 saturated carbocycles. The second-order valence-electron chi connectivity index (χ2n) is 2.27. The maximum absolute atomic E-state index is 12.7. The number of benzene rings is 1. The topological polar surface area (TPSA) is 78.8 Å². The van der Waals surface area contributed by atoms with Gasteiger partial charge in [-0.05, 0) is 12.1 Å². The van der Waals surface area contributed by atoms with E-state index in [2.05, 4.69) is 5.16 Å². The Bertz CT molecular complexity index is 368. The summed E-state index contributed by atoms with van der Waals surface area (Å²) in [5.41, 5.74) is 5.00. The number of phenols is 1. The molecule has 4 N–H and O–H groups in total. The van der Waals surface area contributed by atoms with Crippen molar-refractivity contribution in [3.63, 3.8) is 0 Å². The Morgan fingerprint density at radius 2 is 2.15 bits per heavy atom. The van der Waals surface area contributed by atoms with Crippen LogP contribution in [0.2, 0.25) is 5.02 Å². The van der Waals surface area contributed by atoms with Crippen molar-refractivity contribution in [2.45, 2.75) is 0 Å². The minimum absolute atomic E-state index is 0.146. The largest absolute Gasteiger partial charge is 0.506 e. The average molecular weight is 205 g/mol. The Hall–Kier alpha value is -1.49. The van der Waals surface area contributed by atoms with Crippen molar-refractivity contribution in [3.05, 3.63) is 28.5 Å². The van der Waals surface area contributed by atoms with E-state index in [4.69, 9.17) is 22.5 Å². The quantitative estimate of drug-likeness (QED) is 0.279. The molecule has 0 aliphatic heterocycles. The van der Waals surface area contributed by atoms with Gasteiger partial charge >= 0.3 is 0 Å². The number of halogens is 2. The normalized spacial score (nSPS) is 11.7. The van der Waals surface area contributed by atoms with Crippen molar-refractivity contribution in [2.24, 2.45) is 10.9 Å². The molecule has 0 saturated heterocycles. The average Bonchev–Trinajstić information content (AvgIpc) is 2.10. The lowest BCUT2D eigenvalue weighted by molar-refractivity contribution is 0.318. The fraction of sp³-hybridized carbons (Fsp3) is 0. The van der Waals surface area contributed by atoms with Gasteiger partial charge in [0.05, 0.1) is 10.6 Å². The fourth-order valence-corrected chi connectivity index (χ4v) is 1.02. The van der Waals surface area contributed by atoms with Crippen LogP contribution >= 0.6 is 11.6 Å². The van der Waals surface area contributed by atoms with Crippen molar-refractivity contribution in [1.29, 1.82) is 0 Å². The van der Waals surface area contributed by atoms with E-state index in [0.29, 0.717) is 0 Å². The fourth-order valence-electron chi connectivity index (χ4n) is 0.815. The van der Waals surface area contributed by atoms with Gasteiger partial charge in [0.25, 0.3) is 0 Å². The van der Waals surface area contributed by atoms with E-state index in [-0.39, 0.29) is 10.6 Å². The molecule has 0 aliphatic rings. The number of hydrogen-bond acceptors (Lipinski definition) is 3. The lowest BCUT2D eigenvalue weighted by Crippen LogP contribution is -2.13. The molecule has 70 valence electrons. The number of oxime groups is 1. The molecule has 0 aliphatic carbocycles. The first kappa shape index (κ1) is 9.60. The van der Waals surface area contributed by atoms with Crippen molar-refractivity contribution in [2.75, 3.05) is 0 Å². The third-order valence-electron chi connectivity index (χ3n) is 1.41. The van der Waals surface area contributed by atoms with Crippen LogP contribution in [-0.4, -0.2) is 16.1 Å². The van der Waals surface area contributed by atoms with E-state index >= 15 is 0 Å². The molecule has 1 aromatic rings. The van der Waals surface area contributed by atoms with Gasteiger partial charge in [0.2, 0.25) is 0 Å². The second kappa shape index (κ2) is 3.49. The van der Waals surface area contributed by atoms with Crippen molar-refractivity contribution in [1.82, 2.24) is 0 Å². The molecular weight excluding hydrogens is 199 g/mol. The first-order valence-corrected chi connectivity index (χ1v) is 3.60. The van der Waals surface area contributed by atoms with Gasteiger partial charge in [-0.2, -0.15) is 0 Å². The van der Waals surface area contributed by atoms with Crippen LogP contribution in [-0.2, 0) is 0 Å². The van der Waals surface area contributed by atoms with Gasteiger partial charge in [0.15, 0.2) is 5.84 Å². The maximum atomic E-state index is 12.7. The number of nitrogens with zero attached hydrogens (tertiary/aromatic N) is 1. The molecule has 1 aromatic carbocycles. The maximum Gasteiger partial charge on any atom is 0.173 e. The molecular formula is C7H6ClFN2O2. The molecule has 0 radical (unpaired) electrons. The van der Waals surface area contributed by atoms with Crippen molar-refractivity contribution in [3.8, 4) is 5.75 Å². The highest BCUT2D eigenvalue weighted by Crippen LogP contribution is 2.28. The Labute approximate surface area is 78.0 Å². The molecule has 0 aromatic heterocycles. The van der Waals surface area contributed by atoms with E-state index in [1.54, 1.807) is 0 Å². The number of rotatable bonds is 1. The van der Waals surface area contributed by atoms with E-state index in [1.807, 2.05) is 0 Å². The SMILES string of the molecule is N/C(=N/O)c1cc(F)cc(Cl)c1O. The Kier molecular flexibility index (Phi) is 2.57. The molecule has 0 bridgehead atoms. The zero-order chi connectivity index (χ0) is 10.0. The summed E-state index contributed by atoms with van der Waals surface area (Å²) in [5.74, 6) is -1.50. The van der Waals surface area contributed by atoms with Gasteiger partial charge < -0.3 is 16.0 Å². The highest BCUT2D eigenvalue weighted by Gasteiger charge is 2.11. The molecule has 4 nitrogen and oxygen atoms in total. The molecule has 0 spiro atoms. The van der Waals surface area contributed by atoms with Crippen LogP contribution in [0, 0.1) is 5.82 Å². The molecule has 0 amide bonds. The van der Waals surface area contributed by atoms with Crippen LogP contribution < -0.4 is 5.73 Å². The highest BCUT2D eigenvalue weighted by atomic mass is 35.5. The molecule has 13 heavy (non-hydrogen) atoms. The van der Waals surface area contributed by atoms with Gasteiger partial charge in [-0.15, -0.1) is 0 Å². The van der Waals surface area contributed by atoms with Crippen LogP contribution in [0.5, 0.6) is 5.75 Å². The summed E-state index contributed by atoms with van der Waals surface area (Å²) in [6.07, 6.45) is 0. The molecule has 0 heterocycles. The van der Waals surface area contributed by atoms with Crippen molar-refractivity contribution < 1.29 is 14.7 Å². The molecule has 0 atom stereocenters. The number of amidine groups is 1. The van der Waals surface area contributed by atoms with E-state index in [0.717, 1.165) is 12.1 Å². The summed E-state index contributed by atoms with van der Waals surface area (Å²) >= 11 is 5.44. The van der Waals surface area contributed by atoms with Gasteiger partial charge in [-0.3, -0.25) is 0 Å². The monoisotopic (exact) mass is 204 g/mol. The van der Waals surface area contributed by atoms with E-state index in [1.165, 1.54) is 0 Å². The minimum atomic E-state index is -0.676. The van der Waals surface area contributed by atoms with Gasteiger partial charge in [-0.1, -0.05) is 16.8 Å². The van der Waals surface area contributed by atoms with Crippen LogP contribution in [0.4, 0.5) is 4.39 Å². The van der Waals surface area contributed by atoms with Crippen LogP contribution in [0.3, 0.4) is 0 Å². The first-order chi connectivity index (χ1) is 6.06. The van der Waals surface area contributed by atoms with Gasteiger partial charge in [-0.25, -0.2) is 4.39 Å². The number of aromatic hydroxyl groups is 1. The third-order valence-corrected chi connectivity index (χ3v) is 1.70. The Balaban J connectivity index is 3.37. The minimum Gasteiger partial charge on any atom is -0.506 e. The number of hydrogen-bond donors (Lipinski definition) is 3. The molecule has 1 rings (SSSR count). The molecule has 0 unspecified atom stereocenters. The van der Waals surface area contributed by atoms with Crippen LogP contribution in [0.25, 0.3) is 0 Å². The van der Waals surface area contributed by atoms with Gasteiger partial charge in [0.1, 0.15) is 11.6 Å². The first-order valence-electron chi connectivity index (χ1n) is 3.22. The zero-order valence-corrected chi connectivity index (χ0v) is 7.09. The molecule has 0 fully saturated rings. The standard InChI is InChI=1S/C7H6ClFN2O2/c8-5-2-3(9)1-4(6(5)12)7(10)11-13/h1-2,12-13H,(H2,10,11). The Morgan fingerprint density at radius 3 is 2.69 bits per heavy atom. The summed E-state index contributed by atoms with van der Waals surface area (Å²) in [4.78, 5) is 0. The predicted octanol–water partition coefficient (Wildman–Crippen LogP) is 1.28. The summed E-state index contributed by atoms with van der Waals surface area (Å²) in [6, 6.07) is 1.83. The van der Waals surface area contributed by atoms with Crippen molar-refractivity contribution >= 4 is 17.4 Å². The summed E-state index contributed by atoms with van der Waals surface area (Å²) in [6.45, 7) is 0. The Morgan fingerprint density at radius 1 is 1.54 bits per heavy atom. The van der Waals surface area contributed by atoms with Gasteiger partial charge in [0, 0.05) is 0 Å². The number of phenolic OH excluding ortho intramolecular Hbond substituents is 1. The van der Waals surface area contributed by atoms with E-state index in [9.17, 15) is 9.50 Å². The lowest BCUT2D eigenvalue weighted by atomic mass is 10.2.